The first kappa shape index (κ1) is 12.9. The SMILES string of the molecule is N#Cc1ccc(C(F)(F)F)nc1NC1C2C3CCC(C3)C12. The normalized spacial score (nSPS) is 36.2. The highest BCUT2D eigenvalue weighted by Gasteiger charge is 2.65. The van der Waals surface area contributed by atoms with E-state index >= 15 is 0 Å². The summed E-state index contributed by atoms with van der Waals surface area (Å²) in [5.74, 6) is 2.67. The Morgan fingerprint density at radius 1 is 1.19 bits per heavy atom. The van der Waals surface area contributed by atoms with E-state index in [1.807, 2.05) is 6.07 Å². The van der Waals surface area contributed by atoms with Crippen molar-refractivity contribution >= 4 is 5.82 Å². The molecule has 2 bridgehead atoms. The van der Waals surface area contributed by atoms with E-state index < -0.39 is 11.9 Å². The van der Waals surface area contributed by atoms with Crippen molar-refractivity contribution in [3.05, 3.63) is 23.4 Å². The number of aromatic nitrogens is 1. The number of halogens is 3. The Morgan fingerprint density at radius 2 is 1.86 bits per heavy atom. The molecule has 3 fully saturated rings. The lowest BCUT2D eigenvalue weighted by Gasteiger charge is -2.14. The van der Waals surface area contributed by atoms with Gasteiger partial charge >= 0.3 is 6.18 Å². The molecule has 3 saturated carbocycles. The van der Waals surface area contributed by atoms with Crippen LogP contribution in [0, 0.1) is 35.0 Å². The molecule has 4 atom stereocenters. The van der Waals surface area contributed by atoms with Gasteiger partial charge in [-0.25, -0.2) is 4.98 Å². The molecule has 3 nitrogen and oxygen atoms in total. The highest BCUT2D eigenvalue weighted by Crippen LogP contribution is 2.66. The van der Waals surface area contributed by atoms with Crippen LogP contribution in [0.3, 0.4) is 0 Å². The third-order valence-electron chi connectivity index (χ3n) is 5.34. The maximum atomic E-state index is 12.7. The number of nitriles is 1. The molecule has 110 valence electrons. The largest absolute Gasteiger partial charge is 0.433 e. The number of rotatable bonds is 2. The molecular weight excluding hydrogens is 279 g/mol. The molecule has 3 aliphatic rings. The molecule has 4 unspecified atom stereocenters. The van der Waals surface area contributed by atoms with Gasteiger partial charge in [-0.2, -0.15) is 18.4 Å². The van der Waals surface area contributed by atoms with Crippen molar-refractivity contribution < 1.29 is 13.2 Å². The van der Waals surface area contributed by atoms with Crippen molar-refractivity contribution in [3.8, 4) is 6.07 Å². The Balaban J connectivity index is 1.59. The van der Waals surface area contributed by atoms with Crippen molar-refractivity contribution in [2.75, 3.05) is 5.32 Å². The van der Waals surface area contributed by atoms with Crippen molar-refractivity contribution in [1.82, 2.24) is 4.98 Å². The van der Waals surface area contributed by atoms with Gasteiger partial charge in [0.25, 0.3) is 0 Å². The first-order valence-electron chi connectivity index (χ1n) is 7.24. The molecule has 1 aromatic heterocycles. The van der Waals surface area contributed by atoms with E-state index in [2.05, 4.69) is 10.3 Å². The molecule has 0 spiro atoms. The first-order chi connectivity index (χ1) is 9.99. The summed E-state index contributed by atoms with van der Waals surface area (Å²) in [6, 6.07) is 4.19. The quantitative estimate of drug-likeness (QED) is 0.908. The summed E-state index contributed by atoms with van der Waals surface area (Å²) in [5.41, 5.74) is -0.766. The minimum Gasteiger partial charge on any atom is -0.366 e. The molecule has 1 aromatic rings. The lowest BCUT2D eigenvalue weighted by molar-refractivity contribution is -0.141. The molecule has 0 saturated heterocycles. The molecule has 4 rings (SSSR count). The average Bonchev–Trinajstić information content (AvgIpc) is 2.83. The van der Waals surface area contributed by atoms with Crippen LogP contribution in [0.4, 0.5) is 19.0 Å². The van der Waals surface area contributed by atoms with Gasteiger partial charge in [0.05, 0.1) is 5.56 Å². The topological polar surface area (TPSA) is 48.7 Å². The van der Waals surface area contributed by atoms with Gasteiger partial charge in [0.1, 0.15) is 17.6 Å². The summed E-state index contributed by atoms with van der Waals surface area (Å²) in [4.78, 5) is 3.63. The number of fused-ring (bicyclic) bond motifs is 5. The van der Waals surface area contributed by atoms with Gasteiger partial charge in [-0.15, -0.1) is 0 Å². The zero-order chi connectivity index (χ0) is 14.8. The third-order valence-corrected chi connectivity index (χ3v) is 5.34. The maximum absolute atomic E-state index is 12.7. The van der Waals surface area contributed by atoms with Gasteiger partial charge in [-0.3, -0.25) is 0 Å². The van der Waals surface area contributed by atoms with Crippen molar-refractivity contribution in [1.29, 1.82) is 5.26 Å². The second-order valence-electron chi connectivity index (χ2n) is 6.36. The van der Waals surface area contributed by atoms with E-state index in [0.29, 0.717) is 23.7 Å². The molecule has 0 aromatic carbocycles. The lowest BCUT2D eigenvalue weighted by atomic mass is 10.0. The fraction of sp³-hybridized carbons (Fsp3) is 0.600. The van der Waals surface area contributed by atoms with Crippen LogP contribution >= 0.6 is 0 Å². The molecular formula is C15H14F3N3. The fourth-order valence-corrected chi connectivity index (χ4v) is 4.49. The molecule has 1 heterocycles. The molecule has 3 aliphatic carbocycles. The summed E-state index contributed by atoms with van der Waals surface area (Å²) in [6.45, 7) is 0. The van der Waals surface area contributed by atoms with Gasteiger partial charge in [-0.05, 0) is 55.1 Å². The van der Waals surface area contributed by atoms with E-state index in [4.69, 9.17) is 5.26 Å². The second-order valence-corrected chi connectivity index (χ2v) is 6.36. The molecule has 6 heteroatoms. The molecule has 1 N–H and O–H groups in total. The second kappa shape index (κ2) is 4.12. The number of pyridine rings is 1. The summed E-state index contributed by atoms with van der Waals surface area (Å²) in [7, 11) is 0. The van der Waals surface area contributed by atoms with Crippen molar-refractivity contribution in [2.24, 2.45) is 23.7 Å². The summed E-state index contributed by atoms with van der Waals surface area (Å²) >= 11 is 0. The Labute approximate surface area is 120 Å². The van der Waals surface area contributed by atoms with Crippen LogP contribution in [-0.2, 0) is 6.18 Å². The number of hydrogen-bond acceptors (Lipinski definition) is 3. The van der Waals surface area contributed by atoms with Crippen LogP contribution < -0.4 is 5.32 Å². The van der Waals surface area contributed by atoms with Crippen molar-refractivity contribution in [2.45, 2.75) is 31.5 Å². The number of nitrogens with one attached hydrogen (secondary N) is 1. The molecule has 0 radical (unpaired) electrons. The zero-order valence-corrected chi connectivity index (χ0v) is 11.2. The number of hydrogen-bond donors (Lipinski definition) is 1. The summed E-state index contributed by atoms with van der Waals surface area (Å²) < 4.78 is 38.2. The maximum Gasteiger partial charge on any atom is 0.433 e. The molecule has 21 heavy (non-hydrogen) atoms. The van der Waals surface area contributed by atoms with Crippen LogP contribution in [0.15, 0.2) is 12.1 Å². The average molecular weight is 293 g/mol. The smallest absolute Gasteiger partial charge is 0.366 e. The Morgan fingerprint density at radius 3 is 2.43 bits per heavy atom. The molecule has 0 aliphatic heterocycles. The highest BCUT2D eigenvalue weighted by atomic mass is 19.4. The zero-order valence-electron chi connectivity index (χ0n) is 11.2. The van der Waals surface area contributed by atoms with Gasteiger partial charge in [-0.1, -0.05) is 0 Å². The van der Waals surface area contributed by atoms with Gasteiger partial charge in [0.15, 0.2) is 0 Å². The van der Waals surface area contributed by atoms with Crippen LogP contribution in [0.1, 0.15) is 30.5 Å². The number of anilines is 1. The van der Waals surface area contributed by atoms with Crippen LogP contribution in [0.2, 0.25) is 0 Å². The van der Waals surface area contributed by atoms with Gasteiger partial charge in [0, 0.05) is 6.04 Å². The van der Waals surface area contributed by atoms with Crippen LogP contribution in [-0.4, -0.2) is 11.0 Å². The summed E-state index contributed by atoms with van der Waals surface area (Å²) in [6.07, 6.45) is -0.728. The van der Waals surface area contributed by atoms with Gasteiger partial charge < -0.3 is 5.32 Å². The van der Waals surface area contributed by atoms with E-state index in [1.54, 1.807) is 0 Å². The van der Waals surface area contributed by atoms with Crippen LogP contribution in [0.25, 0.3) is 0 Å². The minimum atomic E-state index is -4.48. The fourth-order valence-electron chi connectivity index (χ4n) is 4.49. The third kappa shape index (κ3) is 1.90. The highest BCUT2D eigenvalue weighted by molar-refractivity contribution is 5.54. The predicted molar refractivity (Wildman–Crippen MR) is 69.2 cm³/mol. The lowest BCUT2D eigenvalue weighted by Crippen LogP contribution is -2.17. The van der Waals surface area contributed by atoms with E-state index in [1.165, 1.54) is 25.3 Å². The van der Waals surface area contributed by atoms with E-state index in [0.717, 1.165) is 6.07 Å². The predicted octanol–water partition coefficient (Wildman–Crippen LogP) is 3.43. The summed E-state index contributed by atoms with van der Waals surface area (Å²) in [5, 5.41) is 12.2. The Bertz CT molecular complexity index is 618. The monoisotopic (exact) mass is 293 g/mol. The van der Waals surface area contributed by atoms with E-state index in [9.17, 15) is 13.2 Å². The standard InChI is InChI=1S/C15H14F3N3/c16-15(17,18)10-4-3-9(6-19)14(20-10)21-13-11-7-1-2-8(5-7)12(11)13/h3-4,7-8,11-13H,1-2,5H2,(H,20,21). The minimum absolute atomic E-state index is 0.0890. The Hall–Kier alpha value is -1.77. The molecule has 0 amide bonds. The van der Waals surface area contributed by atoms with Crippen molar-refractivity contribution in [3.63, 3.8) is 0 Å². The van der Waals surface area contributed by atoms with Crippen LogP contribution in [0.5, 0.6) is 0 Å². The van der Waals surface area contributed by atoms with Gasteiger partial charge in [0.2, 0.25) is 0 Å². The number of nitrogens with zero attached hydrogens (tertiary/aromatic N) is 2. The first-order valence-corrected chi connectivity index (χ1v) is 7.24. The number of alkyl halides is 3. The van der Waals surface area contributed by atoms with E-state index in [-0.39, 0.29) is 17.4 Å². The Kier molecular flexibility index (Phi) is 2.54.